The van der Waals surface area contributed by atoms with Crippen molar-refractivity contribution in [3.63, 3.8) is 0 Å². The molecule has 2 aliphatic rings. The molecule has 0 saturated carbocycles. The van der Waals surface area contributed by atoms with Gasteiger partial charge in [-0.1, -0.05) is 0 Å². The Hall–Kier alpha value is -0.570. The van der Waals surface area contributed by atoms with Gasteiger partial charge in [-0.2, -0.15) is 0 Å². The molecule has 68 valence electrons. The number of amides is 1. The van der Waals surface area contributed by atoms with Crippen molar-refractivity contribution < 1.29 is 4.79 Å². The maximum absolute atomic E-state index is 10.6. The first-order valence-electron chi connectivity index (χ1n) is 4.64. The number of rotatable bonds is 2. The minimum atomic E-state index is 0.256. The molecule has 0 aromatic heterocycles. The molecule has 12 heavy (non-hydrogen) atoms. The topological polar surface area (TPSA) is 23.6 Å². The summed E-state index contributed by atoms with van der Waals surface area (Å²) in [4.78, 5) is 14.9. The Morgan fingerprint density at radius 1 is 1.42 bits per heavy atom. The van der Waals surface area contributed by atoms with E-state index < -0.39 is 0 Å². The van der Waals surface area contributed by atoms with E-state index in [0.29, 0.717) is 6.04 Å². The molecule has 2 rings (SSSR count). The van der Waals surface area contributed by atoms with Crippen molar-refractivity contribution >= 4 is 6.41 Å². The monoisotopic (exact) mass is 168 g/mol. The summed E-state index contributed by atoms with van der Waals surface area (Å²) in [5, 5.41) is 0. The second-order valence-corrected chi connectivity index (χ2v) is 4.27. The largest absolute Gasteiger partial charge is 0.337 e. The summed E-state index contributed by atoms with van der Waals surface area (Å²) in [6, 6.07) is 0.629. The third kappa shape index (κ3) is 0.891. The highest BCUT2D eigenvalue weighted by Gasteiger charge is 2.53. The predicted molar refractivity (Wildman–Crippen MR) is 46.8 cm³/mol. The summed E-state index contributed by atoms with van der Waals surface area (Å²) >= 11 is 0. The van der Waals surface area contributed by atoms with Crippen LogP contribution in [0.15, 0.2) is 0 Å². The lowest BCUT2D eigenvalue weighted by Gasteiger charge is -2.62. The molecule has 1 spiro atoms. The van der Waals surface area contributed by atoms with Gasteiger partial charge in [0.15, 0.2) is 0 Å². The van der Waals surface area contributed by atoms with E-state index in [9.17, 15) is 4.79 Å². The standard InChI is InChI=1S/C9H16N2O/c1-8(2)10-5-9(6-10)3-4-11(9)7-12/h7-8H,3-6H2,1-2H3. The van der Waals surface area contributed by atoms with Gasteiger partial charge in [0.05, 0.1) is 5.54 Å². The lowest BCUT2D eigenvalue weighted by atomic mass is 9.77. The van der Waals surface area contributed by atoms with E-state index >= 15 is 0 Å². The number of carbonyl (C=O) groups is 1. The zero-order valence-corrected chi connectivity index (χ0v) is 7.79. The molecule has 0 aromatic rings. The number of hydrogen-bond acceptors (Lipinski definition) is 2. The Kier molecular flexibility index (Phi) is 1.65. The summed E-state index contributed by atoms with van der Waals surface area (Å²) in [6.07, 6.45) is 2.20. The molecule has 0 unspecified atom stereocenters. The molecule has 2 fully saturated rings. The molecule has 0 bridgehead atoms. The van der Waals surface area contributed by atoms with E-state index in [4.69, 9.17) is 0 Å². The van der Waals surface area contributed by atoms with E-state index in [2.05, 4.69) is 18.7 Å². The van der Waals surface area contributed by atoms with Gasteiger partial charge >= 0.3 is 0 Å². The highest BCUT2D eigenvalue weighted by molar-refractivity contribution is 5.52. The summed E-state index contributed by atoms with van der Waals surface area (Å²) < 4.78 is 0. The first kappa shape index (κ1) is 8.05. The summed E-state index contributed by atoms with van der Waals surface area (Å²) in [6.45, 7) is 7.55. The van der Waals surface area contributed by atoms with Crippen molar-refractivity contribution in [2.45, 2.75) is 31.8 Å². The molecule has 0 atom stereocenters. The Morgan fingerprint density at radius 2 is 2.08 bits per heavy atom. The zero-order chi connectivity index (χ0) is 8.77. The van der Waals surface area contributed by atoms with Gasteiger partial charge in [-0.15, -0.1) is 0 Å². The van der Waals surface area contributed by atoms with Crippen LogP contribution in [-0.2, 0) is 4.79 Å². The smallest absolute Gasteiger partial charge is 0.210 e. The molecule has 1 amide bonds. The quantitative estimate of drug-likeness (QED) is 0.554. The number of nitrogens with zero attached hydrogens (tertiary/aromatic N) is 2. The number of carbonyl (C=O) groups excluding carboxylic acids is 1. The Balaban J connectivity index is 1.90. The molecule has 3 nitrogen and oxygen atoms in total. The fourth-order valence-electron chi connectivity index (χ4n) is 2.14. The van der Waals surface area contributed by atoms with Crippen LogP contribution in [0, 0.1) is 0 Å². The highest BCUT2D eigenvalue weighted by Crippen LogP contribution is 2.38. The number of likely N-dealkylation sites (tertiary alicyclic amines) is 2. The van der Waals surface area contributed by atoms with Gasteiger partial charge in [-0.25, -0.2) is 0 Å². The maximum Gasteiger partial charge on any atom is 0.210 e. The summed E-state index contributed by atoms with van der Waals surface area (Å²) in [5.41, 5.74) is 0.256. The van der Waals surface area contributed by atoms with Gasteiger partial charge in [-0.05, 0) is 20.3 Å². The molecular weight excluding hydrogens is 152 g/mol. The van der Waals surface area contributed by atoms with Crippen molar-refractivity contribution in [2.75, 3.05) is 19.6 Å². The minimum absolute atomic E-state index is 0.256. The van der Waals surface area contributed by atoms with Crippen LogP contribution in [-0.4, -0.2) is 47.4 Å². The van der Waals surface area contributed by atoms with Gasteiger partial charge in [0.25, 0.3) is 0 Å². The summed E-state index contributed by atoms with van der Waals surface area (Å²) in [5.74, 6) is 0. The van der Waals surface area contributed by atoms with Crippen LogP contribution in [0.25, 0.3) is 0 Å². The normalized spacial score (nSPS) is 27.1. The van der Waals surface area contributed by atoms with E-state index in [0.717, 1.165) is 26.0 Å². The number of hydrogen-bond donors (Lipinski definition) is 0. The second-order valence-electron chi connectivity index (χ2n) is 4.27. The first-order valence-corrected chi connectivity index (χ1v) is 4.64. The van der Waals surface area contributed by atoms with Crippen molar-refractivity contribution in [3.8, 4) is 0 Å². The molecule has 0 aliphatic carbocycles. The van der Waals surface area contributed by atoms with E-state index in [-0.39, 0.29) is 5.54 Å². The molecule has 2 saturated heterocycles. The molecule has 2 aliphatic heterocycles. The average Bonchev–Trinajstić information content (AvgIpc) is 1.81. The van der Waals surface area contributed by atoms with Crippen LogP contribution >= 0.6 is 0 Å². The highest BCUT2D eigenvalue weighted by atomic mass is 16.1. The predicted octanol–water partition coefficient (Wildman–Crippen LogP) is 0.311. The Morgan fingerprint density at radius 3 is 2.42 bits per heavy atom. The minimum Gasteiger partial charge on any atom is -0.337 e. The van der Waals surface area contributed by atoms with Crippen molar-refractivity contribution in [2.24, 2.45) is 0 Å². The fourth-order valence-corrected chi connectivity index (χ4v) is 2.14. The molecule has 3 heteroatoms. The maximum atomic E-state index is 10.6. The van der Waals surface area contributed by atoms with Crippen LogP contribution in [0.2, 0.25) is 0 Å². The van der Waals surface area contributed by atoms with Gasteiger partial charge < -0.3 is 4.90 Å². The molecule has 0 N–H and O–H groups in total. The Bertz CT molecular complexity index is 197. The Labute approximate surface area is 73.3 Å². The van der Waals surface area contributed by atoms with E-state index in [1.54, 1.807) is 0 Å². The third-order valence-corrected chi connectivity index (χ3v) is 3.28. The van der Waals surface area contributed by atoms with Crippen molar-refractivity contribution in [3.05, 3.63) is 0 Å². The second kappa shape index (κ2) is 2.46. The van der Waals surface area contributed by atoms with Gasteiger partial charge in [-0.3, -0.25) is 9.69 Å². The molecule has 2 heterocycles. The van der Waals surface area contributed by atoms with Gasteiger partial charge in [0.1, 0.15) is 0 Å². The molecular formula is C9H16N2O. The lowest BCUT2D eigenvalue weighted by molar-refractivity contribution is -0.156. The van der Waals surface area contributed by atoms with E-state index in [1.807, 2.05) is 4.90 Å². The zero-order valence-electron chi connectivity index (χ0n) is 7.79. The van der Waals surface area contributed by atoms with Crippen LogP contribution < -0.4 is 0 Å². The first-order chi connectivity index (χ1) is 5.68. The lowest BCUT2D eigenvalue weighted by Crippen LogP contribution is -2.77. The van der Waals surface area contributed by atoms with Crippen LogP contribution in [0.3, 0.4) is 0 Å². The van der Waals surface area contributed by atoms with Crippen molar-refractivity contribution in [1.29, 1.82) is 0 Å². The van der Waals surface area contributed by atoms with E-state index in [1.165, 1.54) is 6.42 Å². The molecule has 0 radical (unpaired) electrons. The average molecular weight is 168 g/mol. The third-order valence-electron chi connectivity index (χ3n) is 3.28. The van der Waals surface area contributed by atoms with Crippen LogP contribution in [0.1, 0.15) is 20.3 Å². The summed E-state index contributed by atoms with van der Waals surface area (Å²) in [7, 11) is 0. The SMILES string of the molecule is CC(C)N1CC2(CCN2C=O)C1. The van der Waals surface area contributed by atoms with Crippen LogP contribution in [0.4, 0.5) is 0 Å². The molecule has 0 aromatic carbocycles. The van der Waals surface area contributed by atoms with Gasteiger partial charge in [0.2, 0.25) is 6.41 Å². The fraction of sp³-hybridized carbons (Fsp3) is 0.889. The van der Waals surface area contributed by atoms with Crippen molar-refractivity contribution in [1.82, 2.24) is 9.80 Å². The van der Waals surface area contributed by atoms with Crippen LogP contribution in [0.5, 0.6) is 0 Å². The van der Waals surface area contributed by atoms with Gasteiger partial charge in [0, 0.05) is 25.7 Å².